The minimum absolute atomic E-state index is 0.0463. The molecule has 0 aliphatic heterocycles. The maximum absolute atomic E-state index is 10.9. The van der Waals surface area contributed by atoms with Crippen molar-refractivity contribution in [3.05, 3.63) is 11.8 Å². The van der Waals surface area contributed by atoms with Crippen molar-refractivity contribution in [1.82, 2.24) is 0 Å². The summed E-state index contributed by atoms with van der Waals surface area (Å²) in [6, 6.07) is 0. The van der Waals surface area contributed by atoms with Crippen molar-refractivity contribution in [3.63, 3.8) is 0 Å². The lowest BCUT2D eigenvalue weighted by Crippen LogP contribution is -2.30. The molecule has 1 rings (SSSR count). The highest BCUT2D eigenvalue weighted by Gasteiger charge is 2.30. The van der Waals surface area contributed by atoms with Gasteiger partial charge in [-0.3, -0.25) is 4.99 Å². The van der Waals surface area contributed by atoms with E-state index in [9.17, 15) is 4.79 Å². The van der Waals surface area contributed by atoms with Crippen molar-refractivity contribution in [2.24, 2.45) is 10.9 Å². The summed E-state index contributed by atoms with van der Waals surface area (Å²) in [5.74, 6) is 0.0253. The number of rotatable bonds is 7. The summed E-state index contributed by atoms with van der Waals surface area (Å²) in [6.07, 6.45) is 3.83. The van der Waals surface area contributed by atoms with E-state index in [1.165, 1.54) is 33.1 Å². The van der Waals surface area contributed by atoms with E-state index in [1.54, 1.807) is 0 Å². The molecule has 0 bridgehead atoms. The summed E-state index contributed by atoms with van der Waals surface area (Å²) >= 11 is 0. The van der Waals surface area contributed by atoms with Gasteiger partial charge in [-0.05, 0) is 32.6 Å². The molecule has 0 saturated heterocycles. The molecule has 18 heavy (non-hydrogen) atoms. The molecule has 0 spiro atoms. The van der Waals surface area contributed by atoms with Crippen molar-refractivity contribution in [2.75, 3.05) is 20.8 Å². The average molecular weight is 255 g/mol. The second kappa shape index (κ2) is 6.00. The second-order valence-electron chi connectivity index (χ2n) is 4.89. The zero-order valence-corrected chi connectivity index (χ0v) is 11.4. The Morgan fingerprint density at radius 1 is 1.50 bits per heavy atom. The number of hydrogen-bond donors (Lipinski definition) is 1. The Morgan fingerprint density at radius 2 is 2.11 bits per heavy atom. The largest absolute Gasteiger partial charge is 0.498 e. The van der Waals surface area contributed by atoms with Crippen LogP contribution >= 0.6 is 0 Å². The van der Waals surface area contributed by atoms with Crippen LogP contribution in [0.15, 0.2) is 16.8 Å². The molecule has 5 nitrogen and oxygen atoms in total. The summed E-state index contributed by atoms with van der Waals surface area (Å²) in [4.78, 5) is 14.6. The zero-order valence-electron chi connectivity index (χ0n) is 11.4. The Labute approximate surface area is 108 Å². The lowest BCUT2D eigenvalue weighted by atomic mass is 10.1. The number of carbonyl (C=O) groups is 1. The van der Waals surface area contributed by atoms with Crippen LogP contribution in [0.4, 0.5) is 0 Å². The van der Waals surface area contributed by atoms with Crippen LogP contribution in [0.5, 0.6) is 0 Å². The molecule has 0 unspecified atom stereocenters. The first-order valence-corrected chi connectivity index (χ1v) is 6.01. The van der Waals surface area contributed by atoms with Gasteiger partial charge in [-0.25, -0.2) is 4.79 Å². The van der Waals surface area contributed by atoms with Gasteiger partial charge in [0.25, 0.3) is 0 Å². The van der Waals surface area contributed by atoms with E-state index in [2.05, 4.69) is 4.99 Å². The molecule has 0 atom stereocenters. The van der Waals surface area contributed by atoms with Gasteiger partial charge < -0.3 is 14.6 Å². The van der Waals surface area contributed by atoms with Crippen molar-refractivity contribution in [2.45, 2.75) is 32.3 Å². The molecule has 0 radical (unpaired) electrons. The van der Waals surface area contributed by atoms with E-state index in [0.29, 0.717) is 18.3 Å². The van der Waals surface area contributed by atoms with Crippen molar-refractivity contribution in [3.8, 4) is 0 Å². The van der Waals surface area contributed by atoms with Gasteiger partial charge in [0.2, 0.25) is 0 Å². The molecule has 1 N–H and O–H groups in total. The first-order valence-electron chi connectivity index (χ1n) is 6.01. The number of carboxylic acids is 1. The third kappa shape index (κ3) is 4.14. The van der Waals surface area contributed by atoms with Gasteiger partial charge in [-0.15, -0.1) is 0 Å². The smallest absolute Gasteiger partial charge is 0.354 e. The highest BCUT2D eigenvalue weighted by molar-refractivity contribution is 6.40. The normalized spacial score (nSPS) is 17.8. The third-order valence-electron chi connectivity index (χ3n) is 2.92. The maximum Gasteiger partial charge on any atom is 0.354 e. The fourth-order valence-electron chi connectivity index (χ4n) is 1.51. The minimum atomic E-state index is -1.08. The molecule has 0 heterocycles. The van der Waals surface area contributed by atoms with Gasteiger partial charge >= 0.3 is 5.97 Å². The Hall–Kier alpha value is -1.36. The lowest BCUT2D eigenvalue weighted by molar-refractivity contribution is -0.129. The Morgan fingerprint density at radius 3 is 2.50 bits per heavy atom. The highest BCUT2D eigenvalue weighted by atomic mass is 16.5. The molecule has 102 valence electrons. The molecule has 0 aromatic heterocycles. The molecule has 1 saturated carbocycles. The Kier molecular flexibility index (Phi) is 4.90. The lowest BCUT2D eigenvalue weighted by Gasteiger charge is -2.27. The summed E-state index contributed by atoms with van der Waals surface area (Å²) in [5, 5.41) is 8.94. The summed E-state index contributed by atoms with van der Waals surface area (Å²) < 4.78 is 11.0. The van der Waals surface area contributed by atoms with Crippen LogP contribution in [-0.4, -0.2) is 43.2 Å². The monoisotopic (exact) mass is 255 g/mol. The van der Waals surface area contributed by atoms with Crippen LogP contribution in [0.1, 0.15) is 26.7 Å². The number of nitrogens with zero attached hydrogens (tertiary/aromatic N) is 1. The molecule has 1 aliphatic rings. The van der Waals surface area contributed by atoms with Crippen LogP contribution in [0.2, 0.25) is 0 Å². The maximum atomic E-state index is 10.9. The predicted molar refractivity (Wildman–Crippen MR) is 68.8 cm³/mol. The fraction of sp³-hybridized carbons (Fsp3) is 0.692. The van der Waals surface area contributed by atoms with Crippen LogP contribution in [0.25, 0.3) is 0 Å². The number of carboxylic acid groups (broad SMARTS) is 1. The first-order chi connectivity index (χ1) is 8.40. The number of methoxy groups -OCH3 is 1. The predicted octanol–water partition coefficient (Wildman–Crippen LogP) is 1.88. The molecule has 0 amide bonds. The number of ether oxygens (including phenoxy) is 2. The van der Waals surface area contributed by atoms with Gasteiger partial charge in [0, 0.05) is 13.1 Å². The van der Waals surface area contributed by atoms with E-state index in [-0.39, 0.29) is 5.71 Å². The van der Waals surface area contributed by atoms with E-state index < -0.39 is 11.6 Å². The molecule has 1 aliphatic carbocycles. The number of hydrogen-bond acceptors (Lipinski definition) is 4. The number of aliphatic carboxylic acids is 1. The van der Waals surface area contributed by atoms with Crippen LogP contribution in [0.3, 0.4) is 0 Å². The summed E-state index contributed by atoms with van der Waals surface area (Å²) in [6.45, 7) is 4.40. The van der Waals surface area contributed by atoms with Crippen molar-refractivity contribution in [1.29, 1.82) is 0 Å². The minimum Gasteiger partial charge on any atom is -0.498 e. The van der Waals surface area contributed by atoms with Crippen LogP contribution in [-0.2, 0) is 14.3 Å². The van der Waals surface area contributed by atoms with E-state index in [4.69, 9.17) is 14.6 Å². The zero-order chi connectivity index (χ0) is 13.8. The van der Waals surface area contributed by atoms with Crippen molar-refractivity contribution < 1.29 is 19.4 Å². The molecular formula is C13H21NO4. The van der Waals surface area contributed by atoms with Gasteiger partial charge in [0.15, 0.2) is 0 Å². The molecule has 5 heteroatoms. The average Bonchev–Trinajstić information content (AvgIpc) is 3.11. The van der Waals surface area contributed by atoms with Crippen molar-refractivity contribution >= 4 is 11.7 Å². The van der Waals surface area contributed by atoms with Gasteiger partial charge in [-0.1, -0.05) is 0 Å². The van der Waals surface area contributed by atoms with Gasteiger partial charge in [0.05, 0.1) is 13.7 Å². The van der Waals surface area contributed by atoms with E-state index in [0.717, 1.165) is 0 Å². The quantitative estimate of drug-likeness (QED) is 0.557. The second-order valence-corrected chi connectivity index (χ2v) is 4.89. The highest BCUT2D eigenvalue weighted by Crippen LogP contribution is 2.32. The summed E-state index contributed by atoms with van der Waals surface area (Å²) in [5.41, 5.74) is -0.696. The molecular weight excluding hydrogens is 234 g/mol. The van der Waals surface area contributed by atoms with Crippen LogP contribution < -0.4 is 0 Å². The Balaban J connectivity index is 2.78. The van der Waals surface area contributed by atoms with Gasteiger partial charge in [-0.2, -0.15) is 0 Å². The van der Waals surface area contributed by atoms with E-state index in [1.807, 2.05) is 13.8 Å². The molecule has 0 aromatic carbocycles. The Bertz CT molecular complexity index is 367. The molecule has 0 aromatic rings. The first kappa shape index (κ1) is 14.7. The van der Waals surface area contributed by atoms with Crippen LogP contribution in [0, 0.1) is 5.92 Å². The third-order valence-corrected chi connectivity index (χ3v) is 2.92. The topological polar surface area (TPSA) is 68.1 Å². The SMILES string of the molecule is CN=C(/C=C(/OC)C(C)(C)OCC1CC1)C(=O)O. The molecule has 1 fully saturated rings. The number of aliphatic imine (C=N–C) groups is 1. The fourth-order valence-corrected chi connectivity index (χ4v) is 1.51. The van der Waals surface area contributed by atoms with E-state index >= 15 is 0 Å². The van der Waals surface area contributed by atoms with Gasteiger partial charge in [0.1, 0.15) is 17.1 Å². The summed E-state index contributed by atoms with van der Waals surface area (Å²) in [7, 11) is 2.94. The standard InChI is InChI=1S/C13H21NO4/c1-13(2,18-8-9-5-6-9)11(17-4)7-10(14-3)12(15)16/h7,9H,5-6,8H2,1-4H3,(H,15,16)/b11-7+,14-10?.